The second-order valence-electron chi connectivity index (χ2n) is 8.58. The first kappa shape index (κ1) is 23.0. The number of nitrogens with zero attached hydrogens (tertiary/aromatic N) is 6. The smallest absolute Gasteiger partial charge is 0.284 e. The second-order valence-corrected chi connectivity index (χ2v) is 8.99. The molecule has 6 rings (SSSR count). The molecule has 1 atom stereocenters. The van der Waals surface area contributed by atoms with E-state index in [4.69, 9.17) is 21.8 Å². The summed E-state index contributed by atoms with van der Waals surface area (Å²) in [6.07, 6.45) is 4.61. The van der Waals surface area contributed by atoms with Gasteiger partial charge >= 0.3 is 0 Å². The highest BCUT2D eigenvalue weighted by atomic mass is 35.5. The van der Waals surface area contributed by atoms with E-state index < -0.39 is 6.04 Å². The lowest BCUT2D eigenvalue weighted by atomic mass is 9.95. The Morgan fingerprint density at radius 3 is 2.81 bits per heavy atom. The summed E-state index contributed by atoms with van der Waals surface area (Å²) < 4.78 is 3.01. The Balaban J connectivity index is 1.54. The van der Waals surface area contributed by atoms with Crippen LogP contribution in [-0.2, 0) is 0 Å². The molecule has 1 fully saturated rings. The fourth-order valence-electron chi connectivity index (χ4n) is 4.68. The lowest BCUT2D eigenvalue weighted by Gasteiger charge is -2.44. The summed E-state index contributed by atoms with van der Waals surface area (Å²) in [5.41, 5.74) is 2.23. The Morgan fingerprint density at radius 2 is 2.05 bits per heavy atom. The Labute approximate surface area is 214 Å². The highest BCUT2D eigenvalue weighted by molar-refractivity contribution is 6.33. The molecule has 5 aromatic rings. The van der Waals surface area contributed by atoms with Gasteiger partial charge in [0.2, 0.25) is 0 Å². The van der Waals surface area contributed by atoms with Crippen LogP contribution in [0.1, 0.15) is 22.2 Å². The van der Waals surface area contributed by atoms with Crippen LogP contribution in [-0.4, -0.2) is 59.8 Å². The standard InChI is InChI=1S/C25H21ClN8O3/c1-14-12-32(22-18-16(24(36)27-8-10-35)11-28-21(18)29-13-30-22)19(14)23-31-33-9-7-17(26)20(33)25(37)34(23)15-5-3-2-4-6-15/h2-7,9,11,13,19,35H,1,8,10,12H2,(H,27,36)(H,28,29,30)/t19-/m0/s1. The first-order valence-corrected chi connectivity index (χ1v) is 11.9. The van der Waals surface area contributed by atoms with Crippen molar-refractivity contribution in [1.82, 2.24) is 34.4 Å². The third kappa shape index (κ3) is 3.59. The van der Waals surface area contributed by atoms with Crippen LogP contribution in [0.25, 0.3) is 22.2 Å². The molecule has 37 heavy (non-hydrogen) atoms. The topological polar surface area (TPSA) is 133 Å². The molecule has 0 aliphatic carbocycles. The summed E-state index contributed by atoms with van der Waals surface area (Å²) in [7, 11) is 0. The molecule has 0 unspecified atom stereocenters. The number of anilines is 1. The summed E-state index contributed by atoms with van der Waals surface area (Å²) in [5.74, 6) is 0.563. The number of benzene rings is 1. The maximum atomic E-state index is 13.7. The zero-order valence-corrected chi connectivity index (χ0v) is 20.2. The molecule has 3 N–H and O–H groups in total. The van der Waals surface area contributed by atoms with E-state index in [-0.39, 0.29) is 30.1 Å². The predicted octanol–water partition coefficient (Wildman–Crippen LogP) is 2.25. The molecule has 186 valence electrons. The van der Waals surface area contributed by atoms with Crippen LogP contribution in [0.5, 0.6) is 0 Å². The molecule has 4 aromatic heterocycles. The minimum Gasteiger partial charge on any atom is -0.395 e. The number of aliphatic hydroxyl groups excluding tert-OH is 1. The maximum Gasteiger partial charge on any atom is 0.284 e. The Bertz CT molecular complexity index is 1740. The number of hydrogen-bond donors (Lipinski definition) is 3. The van der Waals surface area contributed by atoms with Crippen LogP contribution in [0.15, 0.2) is 72.1 Å². The molecule has 11 nitrogen and oxygen atoms in total. The molecule has 5 heterocycles. The van der Waals surface area contributed by atoms with Gasteiger partial charge in [0.25, 0.3) is 11.5 Å². The molecule has 1 saturated heterocycles. The second kappa shape index (κ2) is 8.87. The van der Waals surface area contributed by atoms with Crippen molar-refractivity contribution in [3.63, 3.8) is 0 Å². The number of carbonyl (C=O) groups excluding carboxylic acids is 1. The van der Waals surface area contributed by atoms with Crippen LogP contribution >= 0.6 is 11.6 Å². The third-order valence-electron chi connectivity index (χ3n) is 6.36. The van der Waals surface area contributed by atoms with Gasteiger partial charge in [-0.2, -0.15) is 5.10 Å². The SMILES string of the molecule is C=C1CN(c2ncnc3[nH]cc(C(=O)NCCO)c23)[C@@H]1c1nn2ccc(Cl)c2c(=O)n1-c1ccccc1. The molecular weight excluding hydrogens is 496 g/mol. The van der Waals surface area contributed by atoms with Crippen molar-refractivity contribution in [2.45, 2.75) is 6.04 Å². The summed E-state index contributed by atoms with van der Waals surface area (Å²) in [5, 5.41) is 17.4. The highest BCUT2D eigenvalue weighted by Crippen LogP contribution is 2.42. The van der Waals surface area contributed by atoms with Gasteiger partial charge in [-0.05, 0) is 23.8 Å². The van der Waals surface area contributed by atoms with E-state index >= 15 is 0 Å². The normalized spacial score (nSPS) is 15.4. The van der Waals surface area contributed by atoms with Gasteiger partial charge < -0.3 is 20.3 Å². The molecular formula is C25H21ClN8O3. The number of halogens is 1. The van der Waals surface area contributed by atoms with Gasteiger partial charge in [0, 0.05) is 25.5 Å². The number of para-hydroxylation sites is 1. The number of carbonyl (C=O) groups is 1. The van der Waals surface area contributed by atoms with E-state index in [9.17, 15) is 9.59 Å². The minimum absolute atomic E-state index is 0.115. The lowest BCUT2D eigenvalue weighted by molar-refractivity contribution is 0.0946. The van der Waals surface area contributed by atoms with Gasteiger partial charge in [-0.1, -0.05) is 36.4 Å². The van der Waals surface area contributed by atoms with Gasteiger partial charge in [0.05, 0.1) is 28.3 Å². The number of aliphatic hydroxyl groups is 1. The number of rotatable bonds is 6. The van der Waals surface area contributed by atoms with Crippen molar-refractivity contribution in [3.05, 3.63) is 94.0 Å². The number of hydrogen-bond acceptors (Lipinski definition) is 7. The maximum absolute atomic E-state index is 13.7. The van der Waals surface area contributed by atoms with E-state index in [0.29, 0.717) is 45.5 Å². The number of amides is 1. The summed E-state index contributed by atoms with van der Waals surface area (Å²) >= 11 is 6.33. The van der Waals surface area contributed by atoms with Gasteiger partial charge in [-0.15, -0.1) is 0 Å². The van der Waals surface area contributed by atoms with Crippen LogP contribution in [0, 0.1) is 0 Å². The van der Waals surface area contributed by atoms with Crippen LogP contribution in [0.3, 0.4) is 0 Å². The molecule has 0 spiro atoms. The van der Waals surface area contributed by atoms with E-state index in [1.54, 1.807) is 18.5 Å². The first-order valence-electron chi connectivity index (χ1n) is 11.5. The van der Waals surface area contributed by atoms with Crippen molar-refractivity contribution < 1.29 is 9.90 Å². The van der Waals surface area contributed by atoms with Crippen molar-refractivity contribution >= 4 is 39.9 Å². The number of aromatic amines is 1. The molecule has 1 aliphatic rings. The first-order chi connectivity index (χ1) is 18.0. The van der Waals surface area contributed by atoms with E-state index in [0.717, 1.165) is 5.57 Å². The quantitative estimate of drug-likeness (QED) is 0.295. The van der Waals surface area contributed by atoms with Gasteiger partial charge in [-0.3, -0.25) is 14.2 Å². The zero-order chi connectivity index (χ0) is 25.7. The minimum atomic E-state index is -0.514. The fourth-order valence-corrected chi connectivity index (χ4v) is 4.91. The molecule has 0 saturated carbocycles. The summed E-state index contributed by atoms with van der Waals surface area (Å²) in [6, 6.07) is 10.3. The number of H-pyrrole nitrogens is 1. The van der Waals surface area contributed by atoms with Crippen LogP contribution in [0.2, 0.25) is 5.02 Å². The Hall–Kier alpha value is -4.48. The average Bonchev–Trinajstić information content (AvgIpc) is 3.50. The average molecular weight is 517 g/mol. The van der Waals surface area contributed by atoms with Gasteiger partial charge in [0.1, 0.15) is 29.4 Å². The summed E-state index contributed by atoms with van der Waals surface area (Å²) in [4.78, 5) is 40.2. The predicted molar refractivity (Wildman–Crippen MR) is 138 cm³/mol. The molecule has 1 aromatic carbocycles. The van der Waals surface area contributed by atoms with Gasteiger partial charge in [-0.25, -0.2) is 14.5 Å². The number of aromatic nitrogens is 6. The number of fused-ring (bicyclic) bond motifs is 2. The number of nitrogens with one attached hydrogen (secondary N) is 2. The van der Waals surface area contributed by atoms with Crippen molar-refractivity contribution in [3.8, 4) is 5.69 Å². The van der Waals surface area contributed by atoms with Crippen molar-refractivity contribution in [2.75, 3.05) is 24.6 Å². The fraction of sp³-hybridized carbons (Fsp3) is 0.160. The molecule has 1 amide bonds. The largest absolute Gasteiger partial charge is 0.395 e. The zero-order valence-electron chi connectivity index (χ0n) is 19.4. The monoisotopic (exact) mass is 516 g/mol. The van der Waals surface area contributed by atoms with Crippen molar-refractivity contribution in [1.29, 1.82) is 0 Å². The summed E-state index contributed by atoms with van der Waals surface area (Å²) in [6.45, 7) is 4.59. The van der Waals surface area contributed by atoms with Crippen LogP contribution < -0.4 is 15.8 Å². The van der Waals surface area contributed by atoms with E-state index in [1.807, 2.05) is 35.2 Å². The Kier molecular flexibility index (Phi) is 5.50. The Morgan fingerprint density at radius 1 is 1.24 bits per heavy atom. The highest BCUT2D eigenvalue weighted by Gasteiger charge is 2.40. The lowest BCUT2D eigenvalue weighted by Crippen LogP contribution is -2.47. The molecule has 1 aliphatic heterocycles. The molecule has 0 bridgehead atoms. The van der Waals surface area contributed by atoms with E-state index in [1.165, 1.54) is 15.4 Å². The van der Waals surface area contributed by atoms with Gasteiger partial charge in [0.15, 0.2) is 5.82 Å². The van der Waals surface area contributed by atoms with E-state index in [2.05, 4.69) is 26.8 Å². The molecule has 0 radical (unpaired) electrons. The molecule has 12 heteroatoms. The van der Waals surface area contributed by atoms with Crippen molar-refractivity contribution in [2.24, 2.45) is 0 Å². The third-order valence-corrected chi connectivity index (χ3v) is 6.66. The van der Waals surface area contributed by atoms with Crippen LogP contribution in [0.4, 0.5) is 5.82 Å².